The van der Waals surface area contributed by atoms with Gasteiger partial charge in [0.2, 0.25) is 5.16 Å². The van der Waals surface area contributed by atoms with E-state index in [1.54, 1.807) is 16.0 Å². The number of nitrogens with zero attached hydrogens (tertiary/aromatic N) is 5. The summed E-state index contributed by atoms with van der Waals surface area (Å²) in [5.41, 5.74) is 1.91. The first kappa shape index (κ1) is 18.3. The minimum Gasteiger partial charge on any atom is -0.492 e. The quantitative estimate of drug-likeness (QED) is 0.473. The number of H-pyrrole nitrogens is 1. The lowest BCUT2D eigenvalue weighted by atomic mass is 10.2. The van der Waals surface area contributed by atoms with Crippen molar-refractivity contribution in [1.82, 2.24) is 30.2 Å². The smallest absolute Gasteiger partial charge is 0.259 e. The molecular formula is C19H18N6O2S2. The molecule has 0 bridgehead atoms. The van der Waals surface area contributed by atoms with Gasteiger partial charge in [-0.05, 0) is 54.3 Å². The highest BCUT2D eigenvalue weighted by molar-refractivity contribution is 7.98. The number of aromatic nitrogens is 6. The first-order chi connectivity index (χ1) is 14.2. The Morgan fingerprint density at radius 1 is 1.31 bits per heavy atom. The van der Waals surface area contributed by atoms with E-state index in [1.165, 1.54) is 22.2 Å². The number of aromatic amines is 1. The van der Waals surface area contributed by atoms with E-state index in [1.807, 2.05) is 31.2 Å². The molecule has 0 radical (unpaired) electrons. The highest BCUT2D eigenvalue weighted by Gasteiger charge is 2.21. The van der Waals surface area contributed by atoms with Crippen molar-refractivity contribution in [1.29, 1.82) is 0 Å². The molecular weight excluding hydrogens is 408 g/mol. The zero-order valence-electron chi connectivity index (χ0n) is 15.7. The maximum atomic E-state index is 12.6. The second-order valence-corrected chi connectivity index (χ2v) is 8.64. The van der Waals surface area contributed by atoms with Crippen LogP contribution in [0.3, 0.4) is 0 Å². The van der Waals surface area contributed by atoms with Crippen molar-refractivity contribution in [3.05, 3.63) is 50.9 Å². The fraction of sp³-hybridized carbons (Fsp3) is 0.316. The lowest BCUT2D eigenvalue weighted by Crippen LogP contribution is -2.11. The summed E-state index contributed by atoms with van der Waals surface area (Å²) in [6, 6.07) is 7.62. The molecule has 5 rings (SSSR count). The van der Waals surface area contributed by atoms with E-state index in [-0.39, 0.29) is 5.56 Å². The number of fused-ring (bicyclic) bond motifs is 3. The summed E-state index contributed by atoms with van der Waals surface area (Å²) in [4.78, 5) is 22.4. The van der Waals surface area contributed by atoms with Crippen LogP contribution < -0.4 is 10.3 Å². The number of thioether (sulfide) groups is 1. The maximum Gasteiger partial charge on any atom is 0.259 e. The van der Waals surface area contributed by atoms with Gasteiger partial charge in [0, 0.05) is 4.88 Å². The largest absolute Gasteiger partial charge is 0.492 e. The van der Waals surface area contributed by atoms with Gasteiger partial charge in [-0.15, -0.1) is 16.4 Å². The third-order valence-corrected chi connectivity index (χ3v) is 6.91. The second kappa shape index (κ2) is 7.60. The molecule has 1 aliphatic carbocycles. The third kappa shape index (κ3) is 3.32. The number of aryl methyl sites for hydroxylation is 2. The number of ether oxygens (including phenoxy) is 1. The van der Waals surface area contributed by atoms with E-state index in [4.69, 9.17) is 4.74 Å². The Balaban J connectivity index is 1.42. The number of para-hydroxylation sites is 2. The van der Waals surface area contributed by atoms with Crippen LogP contribution in [0.1, 0.15) is 29.6 Å². The maximum absolute atomic E-state index is 12.6. The predicted molar refractivity (Wildman–Crippen MR) is 112 cm³/mol. The fourth-order valence-electron chi connectivity index (χ4n) is 3.58. The van der Waals surface area contributed by atoms with Crippen LogP contribution in [-0.2, 0) is 18.6 Å². The van der Waals surface area contributed by atoms with Gasteiger partial charge in [0.25, 0.3) is 5.56 Å². The molecule has 1 aliphatic rings. The summed E-state index contributed by atoms with van der Waals surface area (Å²) in [5.74, 6) is 1.80. The number of hydrogen-bond acceptors (Lipinski definition) is 8. The molecule has 0 spiro atoms. The monoisotopic (exact) mass is 426 g/mol. The molecule has 0 saturated heterocycles. The molecule has 148 valence electrons. The average Bonchev–Trinajstić information content (AvgIpc) is 3.42. The van der Waals surface area contributed by atoms with Gasteiger partial charge in [0.1, 0.15) is 22.1 Å². The zero-order valence-corrected chi connectivity index (χ0v) is 17.3. The SMILES string of the molecule is CCOc1ccccc1-n1nnnc1SCc1nc2sc3c(c2c(=O)[nH]1)CCC3. The van der Waals surface area contributed by atoms with Crippen molar-refractivity contribution in [2.45, 2.75) is 37.1 Å². The van der Waals surface area contributed by atoms with Gasteiger partial charge >= 0.3 is 0 Å². The van der Waals surface area contributed by atoms with Crippen molar-refractivity contribution in [3.8, 4) is 11.4 Å². The number of tetrazole rings is 1. The van der Waals surface area contributed by atoms with Crippen molar-refractivity contribution >= 4 is 33.3 Å². The van der Waals surface area contributed by atoms with Crippen molar-refractivity contribution < 1.29 is 4.74 Å². The minimum absolute atomic E-state index is 0.0497. The molecule has 3 aromatic heterocycles. The molecule has 3 heterocycles. The third-order valence-electron chi connectivity index (χ3n) is 4.80. The highest BCUT2D eigenvalue weighted by atomic mass is 32.2. The molecule has 8 nitrogen and oxygen atoms in total. The first-order valence-corrected chi connectivity index (χ1v) is 11.2. The Morgan fingerprint density at radius 3 is 3.10 bits per heavy atom. The van der Waals surface area contributed by atoms with Gasteiger partial charge < -0.3 is 9.72 Å². The Labute approximate surface area is 174 Å². The van der Waals surface area contributed by atoms with Crippen LogP contribution in [0.25, 0.3) is 15.9 Å². The fourth-order valence-corrected chi connectivity index (χ4v) is 5.61. The zero-order chi connectivity index (χ0) is 19.8. The van der Waals surface area contributed by atoms with Gasteiger partial charge in [-0.25, -0.2) is 4.98 Å². The van der Waals surface area contributed by atoms with Crippen molar-refractivity contribution in [3.63, 3.8) is 0 Å². The van der Waals surface area contributed by atoms with Gasteiger partial charge in [-0.3, -0.25) is 4.79 Å². The van der Waals surface area contributed by atoms with Crippen molar-refractivity contribution in [2.24, 2.45) is 0 Å². The van der Waals surface area contributed by atoms with Crippen LogP contribution in [0.15, 0.2) is 34.2 Å². The van der Waals surface area contributed by atoms with Crippen LogP contribution in [0.5, 0.6) is 5.75 Å². The summed E-state index contributed by atoms with van der Waals surface area (Å²) in [6.07, 6.45) is 3.15. The lowest BCUT2D eigenvalue weighted by molar-refractivity contribution is 0.337. The Kier molecular flexibility index (Phi) is 4.80. The summed E-state index contributed by atoms with van der Waals surface area (Å²) in [7, 11) is 0. The van der Waals surface area contributed by atoms with E-state index in [2.05, 4.69) is 25.5 Å². The lowest BCUT2D eigenvalue weighted by Gasteiger charge is -2.10. The summed E-state index contributed by atoms with van der Waals surface area (Å²) < 4.78 is 7.33. The van der Waals surface area contributed by atoms with Gasteiger partial charge in [-0.1, -0.05) is 23.9 Å². The van der Waals surface area contributed by atoms with Crippen LogP contribution in [-0.4, -0.2) is 36.8 Å². The van der Waals surface area contributed by atoms with Crippen LogP contribution in [0, 0.1) is 0 Å². The molecule has 0 unspecified atom stereocenters. The Morgan fingerprint density at radius 2 is 2.21 bits per heavy atom. The van der Waals surface area contributed by atoms with E-state index in [9.17, 15) is 4.79 Å². The topological polar surface area (TPSA) is 98.6 Å². The molecule has 29 heavy (non-hydrogen) atoms. The van der Waals surface area contributed by atoms with Crippen LogP contribution in [0.2, 0.25) is 0 Å². The molecule has 1 aromatic carbocycles. The normalized spacial score (nSPS) is 13.1. The standard InChI is InChI=1S/C19H18N6O2S2/c1-2-27-13-8-4-3-7-12(13)25-19(22-23-24-25)28-10-15-20-17(26)16-11-6-5-9-14(11)29-18(16)21-15/h3-4,7-8H,2,5-6,9-10H2,1H3,(H,20,21,26). The summed E-state index contributed by atoms with van der Waals surface area (Å²) >= 11 is 3.06. The molecule has 0 amide bonds. The molecule has 0 saturated carbocycles. The number of thiophene rings is 1. The predicted octanol–water partition coefficient (Wildman–Crippen LogP) is 3.14. The van der Waals surface area contributed by atoms with E-state index < -0.39 is 0 Å². The molecule has 10 heteroatoms. The Bertz CT molecular complexity index is 1250. The van der Waals surface area contributed by atoms with Gasteiger partial charge in [0.05, 0.1) is 17.7 Å². The van der Waals surface area contributed by atoms with E-state index in [0.717, 1.165) is 35.2 Å². The number of nitrogens with one attached hydrogen (secondary N) is 1. The minimum atomic E-state index is -0.0497. The molecule has 0 fully saturated rings. The average molecular weight is 427 g/mol. The van der Waals surface area contributed by atoms with Gasteiger partial charge in [0.15, 0.2) is 0 Å². The molecule has 4 aromatic rings. The molecule has 0 aliphatic heterocycles. The summed E-state index contributed by atoms with van der Waals surface area (Å²) in [5, 5.41) is 13.4. The highest BCUT2D eigenvalue weighted by Crippen LogP contribution is 2.35. The van der Waals surface area contributed by atoms with Crippen LogP contribution >= 0.6 is 23.1 Å². The van der Waals surface area contributed by atoms with E-state index in [0.29, 0.717) is 29.1 Å². The molecule has 0 atom stereocenters. The first-order valence-electron chi connectivity index (χ1n) is 9.41. The van der Waals surface area contributed by atoms with Gasteiger partial charge in [-0.2, -0.15) is 4.68 Å². The number of benzene rings is 1. The van der Waals surface area contributed by atoms with Crippen molar-refractivity contribution in [2.75, 3.05) is 6.61 Å². The Hall–Kier alpha value is -2.72. The summed E-state index contributed by atoms with van der Waals surface area (Å²) in [6.45, 7) is 2.49. The number of rotatable bonds is 6. The second-order valence-electron chi connectivity index (χ2n) is 6.61. The van der Waals surface area contributed by atoms with E-state index >= 15 is 0 Å². The van der Waals surface area contributed by atoms with Crippen LogP contribution in [0.4, 0.5) is 0 Å². The molecule has 1 N–H and O–H groups in total. The number of hydrogen-bond donors (Lipinski definition) is 1.